The Bertz CT molecular complexity index is 354. The molecule has 0 spiro atoms. The van der Waals surface area contributed by atoms with Crippen molar-refractivity contribution in [2.75, 3.05) is 6.54 Å². The van der Waals surface area contributed by atoms with Gasteiger partial charge in [-0.2, -0.15) is 0 Å². The van der Waals surface area contributed by atoms with Crippen LogP contribution in [-0.4, -0.2) is 6.54 Å². The van der Waals surface area contributed by atoms with E-state index in [-0.39, 0.29) is 0 Å². The van der Waals surface area contributed by atoms with Gasteiger partial charge in [0.15, 0.2) is 0 Å². The molecular weight excluding hydrogens is 330 g/mol. The summed E-state index contributed by atoms with van der Waals surface area (Å²) in [6, 6.07) is 2.68. The van der Waals surface area contributed by atoms with Crippen molar-refractivity contribution in [3.63, 3.8) is 0 Å². The average Bonchev–Trinajstić information content (AvgIpc) is 2.96. The molecule has 0 saturated heterocycles. The first-order chi connectivity index (χ1) is 8.70. The number of thiophene rings is 1. The van der Waals surface area contributed by atoms with E-state index in [1.54, 1.807) is 11.3 Å². The summed E-state index contributed by atoms with van der Waals surface area (Å²) in [5.41, 5.74) is 0. The topological polar surface area (TPSA) is 12.0 Å². The molecule has 1 aliphatic rings. The van der Waals surface area contributed by atoms with Gasteiger partial charge in [0.2, 0.25) is 0 Å². The number of nitrogens with one attached hydrogen (secondary N) is 1. The highest BCUT2D eigenvalue weighted by Gasteiger charge is 2.22. The zero-order valence-corrected chi connectivity index (χ0v) is 14.0. The van der Waals surface area contributed by atoms with Crippen molar-refractivity contribution in [1.82, 2.24) is 5.32 Å². The molecule has 4 heteroatoms. The quantitative estimate of drug-likeness (QED) is 0.685. The number of hydrogen-bond donors (Lipinski definition) is 1. The van der Waals surface area contributed by atoms with E-state index in [1.165, 1.54) is 43.4 Å². The van der Waals surface area contributed by atoms with Crippen LogP contribution >= 0.6 is 38.9 Å². The molecule has 1 N–H and O–H groups in total. The summed E-state index contributed by atoms with van der Waals surface area (Å²) in [6.07, 6.45) is 8.10. The van der Waals surface area contributed by atoms with Crippen LogP contribution in [0.4, 0.5) is 0 Å². The predicted molar refractivity (Wildman–Crippen MR) is 84.6 cm³/mol. The third-order valence-electron chi connectivity index (χ3n) is 3.69. The third-order valence-corrected chi connectivity index (χ3v) is 6.28. The summed E-state index contributed by atoms with van der Waals surface area (Å²) < 4.78 is 1.92. The Morgan fingerprint density at radius 2 is 2.22 bits per heavy atom. The zero-order chi connectivity index (χ0) is 13.0. The molecule has 0 bridgehead atoms. The molecule has 1 saturated carbocycles. The minimum absolute atomic E-state index is 0.488. The van der Waals surface area contributed by atoms with Crippen LogP contribution in [0.3, 0.4) is 0 Å². The number of halogens is 2. The van der Waals surface area contributed by atoms with Crippen molar-refractivity contribution in [2.24, 2.45) is 5.92 Å². The average molecular weight is 351 g/mol. The maximum atomic E-state index is 6.17. The highest BCUT2D eigenvalue weighted by molar-refractivity contribution is 9.10. The Balaban J connectivity index is 2.03. The lowest BCUT2D eigenvalue weighted by atomic mass is 9.97. The van der Waals surface area contributed by atoms with Gasteiger partial charge in [0.05, 0.1) is 0 Å². The van der Waals surface area contributed by atoms with Gasteiger partial charge in [-0.15, -0.1) is 11.3 Å². The minimum Gasteiger partial charge on any atom is -0.309 e. The SMILES string of the molecule is CCCNC(CC1CCCC1)c1cc(Br)c(Cl)s1. The fraction of sp³-hybridized carbons (Fsp3) is 0.714. The van der Waals surface area contributed by atoms with Crippen LogP contribution in [0, 0.1) is 5.92 Å². The molecule has 1 atom stereocenters. The van der Waals surface area contributed by atoms with Gasteiger partial charge in [-0.1, -0.05) is 44.2 Å². The Hall–Kier alpha value is 0.430. The molecule has 1 nitrogen and oxygen atoms in total. The van der Waals surface area contributed by atoms with Crippen LogP contribution < -0.4 is 5.32 Å². The first kappa shape index (κ1) is 14.8. The summed E-state index contributed by atoms with van der Waals surface area (Å²) in [4.78, 5) is 1.38. The van der Waals surface area contributed by atoms with E-state index in [2.05, 4.69) is 34.2 Å². The Morgan fingerprint density at radius 1 is 1.50 bits per heavy atom. The van der Waals surface area contributed by atoms with Gasteiger partial charge < -0.3 is 5.32 Å². The second-order valence-corrected chi connectivity index (χ2v) is 7.70. The molecule has 1 aromatic heterocycles. The third kappa shape index (κ3) is 3.96. The van der Waals surface area contributed by atoms with Crippen molar-refractivity contribution < 1.29 is 0 Å². The Labute approximate surface area is 127 Å². The van der Waals surface area contributed by atoms with Gasteiger partial charge in [-0.25, -0.2) is 0 Å². The van der Waals surface area contributed by atoms with Crippen molar-refractivity contribution in [3.8, 4) is 0 Å². The van der Waals surface area contributed by atoms with Crippen LogP contribution in [0.1, 0.15) is 56.4 Å². The fourth-order valence-corrected chi connectivity index (χ4v) is 4.56. The smallest absolute Gasteiger partial charge is 0.107 e. The maximum Gasteiger partial charge on any atom is 0.107 e. The van der Waals surface area contributed by atoms with Crippen LogP contribution in [0.5, 0.6) is 0 Å². The van der Waals surface area contributed by atoms with E-state index in [9.17, 15) is 0 Å². The molecule has 1 aromatic rings. The summed E-state index contributed by atoms with van der Waals surface area (Å²) in [6.45, 7) is 3.31. The first-order valence-corrected chi connectivity index (χ1v) is 8.87. The van der Waals surface area contributed by atoms with E-state index in [0.29, 0.717) is 6.04 Å². The van der Waals surface area contributed by atoms with Crippen LogP contribution in [0.15, 0.2) is 10.5 Å². The summed E-state index contributed by atoms with van der Waals surface area (Å²) >= 11 is 11.4. The van der Waals surface area contributed by atoms with Gasteiger partial charge in [-0.3, -0.25) is 0 Å². The molecule has 2 rings (SSSR count). The highest BCUT2D eigenvalue weighted by Crippen LogP contribution is 2.39. The van der Waals surface area contributed by atoms with Crippen LogP contribution in [0.2, 0.25) is 4.34 Å². The molecule has 0 amide bonds. The summed E-state index contributed by atoms with van der Waals surface area (Å²) in [5, 5.41) is 3.68. The highest BCUT2D eigenvalue weighted by atomic mass is 79.9. The Kier molecular flexibility index (Phi) is 5.99. The second-order valence-electron chi connectivity index (χ2n) is 5.16. The molecule has 0 aliphatic heterocycles. The molecule has 102 valence electrons. The molecule has 1 aliphatic carbocycles. The van der Waals surface area contributed by atoms with E-state index in [1.807, 2.05) is 0 Å². The lowest BCUT2D eigenvalue weighted by Crippen LogP contribution is -2.23. The van der Waals surface area contributed by atoms with Gasteiger partial charge in [-0.05, 0) is 47.3 Å². The fourth-order valence-electron chi connectivity index (χ4n) is 2.73. The van der Waals surface area contributed by atoms with Gasteiger partial charge in [0.25, 0.3) is 0 Å². The normalized spacial score (nSPS) is 18.4. The maximum absolute atomic E-state index is 6.17. The van der Waals surface area contributed by atoms with Crippen molar-refractivity contribution >= 4 is 38.9 Å². The molecule has 18 heavy (non-hydrogen) atoms. The van der Waals surface area contributed by atoms with Crippen molar-refractivity contribution in [2.45, 2.75) is 51.5 Å². The Morgan fingerprint density at radius 3 is 2.78 bits per heavy atom. The standard InChI is InChI=1S/C14H21BrClNS/c1-2-7-17-12(8-10-5-3-4-6-10)13-9-11(15)14(16)18-13/h9-10,12,17H,2-8H2,1H3. The first-order valence-electron chi connectivity index (χ1n) is 6.88. The van der Waals surface area contributed by atoms with E-state index >= 15 is 0 Å². The largest absolute Gasteiger partial charge is 0.309 e. The monoisotopic (exact) mass is 349 g/mol. The lowest BCUT2D eigenvalue weighted by Gasteiger charge is -2.20. The summed E-state index contributed by atoms with van der Waals surface area (Å²) in [7, 11) is 0. The van der Waals surface area contributed by atoms with Gasteiger partial charge in [0, 0.05) is 15.4 Å². The number of rotatable bonds is 6. The van der Waals surface area contributed by atoms with E-state index < -0.39 is 0 Å². The zero-order valence-electron chi connectivity index (χ0n) is 10.8. The minimum atomic E-state index is 0.488. The van der Waals surface area contributed by atoms with E-state index in [0.717, 1.165) is 21.3 Å². The summed E-state index contributed by atoms with van der Waals surface area (Å²) in [5.74, 6) is 0.902. The number of hydrogen-bond acceptors (Lipinski definition) is 2. The van der Waals surface area contributed by atoms with E-state index in [4.69, 9.17) is 11.6 Å². The lowest BCUT2D eigenvalue weighted by molar-refractivity contribution is 0.399. The molecule has 1 fully saturated rings. The molecule has 0 aromatic carbocycles. The van der Waals surface area contributed by atoms with Crippen LogP contribution in [-0.2, 0) is 0 Å². The predicted octanol–water partition coefficient (Wildman–Crippen LogP) is 5.79. The molecular formula is C14H21BrClNS. The molecule has 1 unspecified atom stereocenters. The van der Waals surface area contributed by atoms with Gasteiger partial charge in [0.1, 0.15) is 4.34 Å². The van der Waals surface area contributed by atoms with Crippen molar-refractivity contribution in [3.05, 3.63) is 19.8 Å². The second kappa shape index (κ2) is 7.28. The van der Waals surface area contributed by atoms with Crippen LogP contribution in [0.25, 0.3) is 0 Å². The van der Waals surface area contributed by atoms with Gasteiger partial charge >= 0.3 is 0 Å². The molecule has 0 radical (unpaired) electrons. The molecule has 1 heterocycles. The van der Waals surface area contributed by atoms with Crippen molar-refractivity contribution in [1.29, 1.82) is 0 Å².